The Morgan fingerprint density at radius 2 is 1.44 bits per heavy atom. The van der Waals surface area contributed by atoms with Crippen molar-refractivity contribution < 1.29 is 28.5 Å². The number of nitrogens with zero attached hydrogens (tertiary/aromatic N) is 2. The van der Waals surface area contributed by atoms with Gasteiger partial charge in [0.1, 0.15) is 41.8 Å². The van der Waals surface area contributed by atoms with Gasteiger partial charge < -0.3 is 28.6 Å². The van der Waals surface area contributed by atoms with E-state index in [1.165, 1.54) is 0 Å². The average molecular weight is 667 g/mol. The van der Waals surface area contributed by atoms with Gasteiger partial charge in [-0.25, -0.2) is 4.79 Å². The number of piperazine rings is 1. The molecule has 1 aliphatic heterocycles. The Hall–Kier alpha value is -4.73. The Kier molecular flexibility index (Phi) is 10.4. The van der Waals surface area contributed by atoms with Crippen LogP contribution in [0.15, 0.2) is 97.1 Å². The molecule has 0 bridgehead atoms. The lowest BCUT2D eigenvalue weighted by molar-refractivity contribution is 0.0137. The fraction of sp³-hybridized carbons (Fsp3) is 0.308. The zero-order chi connectivity index (χ0) is 33.5. The predicted octanol–water partition coefficient (Wildman–Crippen LogP) is 8.88. The van der Waals surface area contributed by atoms with E-state index in [4.69, 9.17) is 23.7 Å². The fourth-order valence-electron chi connectivity index (χ4n) is 5.41. The van der Waals surface area contributed by atoms with Gasteiger partial charge in [-0.1, -0.05) is 30.3 Å². The van der Waals surface area contributed by atoms with Crippen LogP contribution in [0, 0.1) is 0 Å². The van der Waals surface area contributed by atoms with E-state index in [0.717, 1.165) is 74.5 Å². The topological polar surface area (TPSA) is 69.7 Å². The molecule has 1 aromatic heterocycles. The molecule has 0 radical (unpaired) electrons. The lowest BCUT2D eigenvalue weighted by Gasteiger charge is -2.35. The number of hydrogen-bond donors (Lipinski definition) is 0. The Morgan fingerprint density at radius 3 is 2.12 bits per heavy atom. The summed E-state index contributed by atoms with van der Waals surface area (Å²) >= 11 is 1.67. The van der Waals surface area contributed by atoms with E-state index in [9.17, 15) is 4.79 Å². The van der Waals surface area contributed by atoms with Crippen LogP contribution in [-0.2, 0) is 11.3 Å². The van der Waals surface area contributed by atoms with Crippen LogP contribution in [0.1, 0.15) is 26.3 Å². The number of methoxy groups -OCH3 is 1. The molecule has 0 unspecified atom stereocenters. The number of benzene rings is 4. The number of fused-ring (bicyclic) bond motifs is 1. The van der Waals surface area contributed by atoms with Gasteiger partial charge in [0.2, 0.25) is 0 Å². The summed E-state index contributed by atoms with van der Waals surface area (Å²) in [5.74, 6) is 3.92. The van der Waals surface area contributed by atoms with Crippen molar-refractivity contribution >= 4 is 27.5 Å². The molecule has 2 heterocycles. The minimum Gasteiger partial charge on any atom is -0.497 e. The Labute approximate surface area is 286 Å². The van der Waals surface area contributed by atoms with Crippen molar-refractivity contribution in [1.82, 2.24) is 9.80 Å². The first-order chi connectivity index (χ1) is 23.2. The largest absolute Gasteiger partial charge is 0.497 e. The standard InChI is InChI=1S/C39H42N2O6S/c1-39(2,3)47-38(42)41-22-20-40(21-23-41)24-25-44-31-14-16-32(17-15-31)46-36-34-19-18-33(45-27-28-8-6-5-7-9-28)26-35(34)48-37(36)29-10-12-30(43-4)13-11-29/h5-19,26H,20-25,27H2,1-4H3. The van der Waals surface area contributed by atoms with Gasteiger partial charge in [-0.3, -0.25) is 4.90 Å². The Bertz CT molecular complexity index is 1790. The molecule has 4 aromatic carbocycles. The van der Waals surface area contributed by atoms with Crippen LogP contribution in [0.2, 0.25) is 0 Å². The third-order valence-electron chi connectivity index (χ3n) is 7.96. The van der Waals surface area contributed by atoms with Crippen molar-refractivity contribution in [3.05, 3.63) is 103 Å². The number of rotatable bonds is 11. The molecule has 5 aromatic rings. The number of carbonyl (C=O) groups is 1. The molecule has 8 nitrogen and oxygen atoms in total. The maximum absolute atomic E-state index is 12.3. The number of ether oxygens (including phenoxy) is 5. The van der Waals surface area contributed by atoms with Crippen LogP contribution >= 0.6 is 11.3 Å². The first-order valence-corrected chi connectivity index (χ1v) is 17.0. The molecule has 0 atom stereocenters. The maximum Gasteiger partial charge on any atom is 0.410 e. The van der Waals surface area contributed by atoms with Gasteiger partial charge in [-0.05, 0) is 98.6 Å². The molecule has 1 aliphatic rings. The van der Waals surface area contributed by atoms with E-state index in [-0.39, 0.29) is 6.09 Å². The molecule has 6 rings (SSSR count). The van der Waals surface area contributed by atoms with E-state index in [0.29, 0.717) is 26.3 Å². The van der Waals surface area contributed by atoms with Crippen LogP contribution in [0.4, 0.5) is 4.79 Å². The van der Waals surface area contributed by atoms with Gasteiger partial charge in [0.05, 0.1) is 12.0 Å². The quantitative estimate of drug-likeness (QED) is 0.140. The monoisotopic (exact) mass is 666 g/mol. The summed E-state index contributed by atoms with van der Waals surface area (Å²) in [4.78, 5) is 17.5. The summed E-state index contributed by atoms with van der Waals surface area (Å²) in [5.41, 5.74) is 1.68. The molecule has 1 fully saturated rings. The normalized spacial score (nSPS) is 13.7. The first-order valence-electron chi connectivity index (χ1n) is 16.2. The molecular weight excluding hydrogens is 625 g/mol. The first kappa shape index (κ1) is 33.2. The molecule has 250 valence electrons. The van der Waals surface area contributed by atoms with E-state index in [1.807, 2.05) is 81.4 Å². The highest BCUT2D eigenvalue weighted by Gasteiger charge is 2.25. The summed E-state index contributed by atoms with van der Waals surface area (Å²) in [6, 6.07) is 32.1. The van der Waals surface area contributed by atoms with Gasteiger partial charge in [0.15, 0.2) is 5.75 Å². The van der Waals surface area contributed by atoms with Crippen molar-refractivity contribution in [2.45, 2.75) is 33.0 Å². The highest BCUT2D eigenvalue weighted by molar-refractivity contribution is 7.22. The number of hydrogen-bond acceptors (Lipinski definition) is 8. The van der Waals surface area contributed by atoms with E-state index < -0.39 is 5.60 Å². The van der Waals surface area contributed by atoms with Crippen molar-refractivity contribution in [3.8, 4) is 39.2 Å². The predicted molar refractivity (Wildman–Crippen MR) is 191 cm³/mol. The van der Waals surface area contributed by atoms with Gasteiger partial charge >= 0.3 is 6.09 Å². The van der Waals surface area contributed by atoms with Crippen molar-refractivity contribution in [2.75, 3.05) is 46.4 Å². The fourth-order valence-corrected chi connectivity index (χ4v) is 6.58. The second kappa shape index (κ2) is 15.0. The molecule has 9 heteroatoms. The Morgan fingerprint density at radius 1 is 0.771 bits per heavy atom. The second-order valence-electron chi connectivity index (χ2n) is 12.7. The molecule has 0 spiro atoms. The second-order valence-corrected chi connectivity index (χ2v) is 13.7. The molecule has 0 saturated carbocycles. The summed E-state index contributed by atoms with van der Waals surface area (Å²) in [7, 11) is 1.67. The van der Waals surface area contributed by atoms with Gasteiger partial charge in [-0.15, -0.1) is 11.3 Å². The van der Waals surface area contributed by atoms with Crippen LogP contribution in [0.25, 0.3) is 20.5 Å². The van der Waals surface area contributed by atoms with Crippen molar-refractivity contribution in [2.24, 2.45) is 0 Å². The summed E-state index contributed by atoms with van der Waals surface area (Å²) < 4.78 is 30.8. The lowest BCUT2D eigenvalue weighted by Crippen LogP contribution is -2.50. The Balaban J connectivity index is 1.10. The highest BCUT2D eigenvalue weighted by Crippen LogP contribution is 2.47. The molecule has 0 N–H and O–H groups in total. The lowest BCUT2D eigenvalue weighted by atomic mass is 10.1. The number of carbonyl (C=O) groups excluding carboxylic acids is 1. The summed E-state index contributed by atoms with van der Waals surface area (Å²) in [6.07, 6.45) is -0.245. The van der Waals surface area contributed by atoms with E-state index in [2.05, 4.69) is 41.3 Å². The number of thiophene rings is 1. The third kappa shape index (κ3) is 8.59. The average Bonchev–Trinajstić information content (AvgIpc) is 3.45. The van der Waals surface area contributed by atoms with Crippen LogP contribution in [0.5, 0.6) is 28.7 Å². The minimum absolute atomic E-state index is 0.245. The summed E-state index contributed by atoms with van der Waals surface area (Å²) in [6.45, 7) is 10.4. The zero-order valence-corrected chi connectivity index (χ0v) is 28.8. The van der Waals surface area contributed by atoms with Gasteiger partial charge in [-0.2, -0.15) is 0 Å². The summed E-state index contributed by atoms with van der Waals surface area (Å²) in [5, 5.41) is 1.02. The SMILES string of the molecule is COc1ccc(-c2sc3cc(OCc4ccccc4)ccc3c2Oc2ccc(OCCN3CCN(C(=O)OC(C)(C)C)CC3)cc2)cc1. The van der Waals surface area contributed by atoms with E-state index >= 15 is 0 Å². The van der Waals surface area contributed by atoms with Crippen molar-refractivity contribution in [1.29, 1.82) is 0 Å². The molecular formula is C39H42N2O6S. The van der Waals surface area contributed by atoms with Crippen molar-refractivity contribution in [3.63, 3.8) is 0 Å². The molecule has 48 heavy (non-hydrogen) atoms. The highest BCUT2D eigenvalue weighted by atomic mass is 32.1. The number of amides is 1. The molecule has 1 saturated heterocycles. The minimum atomic E-state index is -0.485. The van der Waals surface area contributed by atoms with Gasteiger partial charge in [0.25, 0.3) is 0 Å². The maximum atomic E-state index is 12.3. The smallest absolute Gasteiger partial charge is 0.410 e. The van der Waals surface area contributed by atoms with Crippen LogP contribution in [-0.4, -0.2) is 67.9 Å². The van der Waals surface area contributed by atoms with Crippen LogP contribution < -0.4 is 18.9 Å². The van der Waals surface area contributed by atoms with Crippen LogP contribution in [0.3, 0.4) is 0 Å². The van der Waals surface area contributed by atoms with E-state index in [1.54, 1.807) is 23.3 Å². The molecule has 0 aliphatic carbocycles. The zero-order valence-electron chi connectivity index (χ0n) is 27.9. The third-order valence-corrected chi connectivity index (χ3v) is 9.14. The molecule has 1 amide bonds. The van der Waals surface area contributed by atoms with Gasteiger partial charge in [0, 0.05) is 42.8 Å².